The van der Waals surface area contributed by atoms with Crippen LogP contribution in [0.25, 0.3) is 0 Å². The van der Waals surface area contributed by atoms with Gasteiger partial charge in [0.2, 0.25) is 0 Å². The van der Waals surface area contributed by atoms with Crippen LogP contribution >= 0.6 is 0 Å². The molecule has 3 aliphatic rings. The first-order valence-electron chi connectivity index (χ1n) is 7.84. The van der Waals surface area contributed by atoms with Crippen molar-refractivity contribution in [1.29, 1.82) is 0 Å². The average molecular weight is 252 g/mol. The molecule has 0 aromatic rings. The molecule has 1 heterocycles. The summed E-state index contributed by atoms with van der Waals surface area (Å²) in [6.45, 7) is 5.54. The van der Waals surface area contributed by atoms with E-state index in [4.69, 9.17) is 0 Å². The minimum atomic E-state index is -0.426. The van der Waals surface area contributed by atoms with E-state index < -0.39 is 5.60 Å². The number of likely N-dealkylation sites (tertiary alicyclic amines) is 1. The quantitative estimate of drug-likeness (QED) is 0.800. The molecule has 1 saturated heterocycles. The predicted molar refractivity (Wildman–Crippen MR) is 73.6 cm³/mol. The van der Waals surface area contributed by atoms with E-state index in [2.05, 4.69) is 17.1 Å². The Morgan fingerprint density at radius 1 is 1.28 bits per heavy atom. The first kappa shape index (κ1) is 12.9. The highest BCUT2D eigenvalue weighted by molar-refractivity contribution is 4.94. The van der Waals surface area contributed by atoms with Crippen LogP contribution in [-0.4, -0.2) is 47.3 Å². The molecule has 3 rings (SSSR count). The molecule has 0 spiro atoms. The fraction of sp³-hybridized carbons (Fsp3) is 1.00. The molecule has 1 aliphatic heterocycles. The Labute approximate surface area is 111 Å². The van der Waals surface area contributed by atoms with Crippen LogP contribution < -0.4 is 5.32 Å². The van der Waals surface area contributed by atoms with E-state index in [9.17, 15) is 5.11 Å². The third-order valence-electron chi connectivity index (χ3n) is 5.07. The number of aliphatic hydroxyl groups is 1. The van der Waals surface area contributed by atoms with Gasteiger partial charge in [-0.05, 0) is 38.0 Å². The van der Waals surface area contributed by atoms with Crippen LogP contribution in [0.4, 0.5) is 0 Å². The fourth-order valence-corrected chi connectivity index (χ4v) is 3.85. The summed E-state index contributed by atoms with van der Waals surface area (Å²) < 4.78 is 0. The molecule has 0 aromatic heterocycles. The minimum absolute atomic E-state index is 0.426. The molecule has 2 saturated carbocycles. The largest absolute Gasteiger partial charge is 0.389 e. The molecule has 0 radical (unpaired) electrons. The zero-order valence-electron chi connectivity index (χ0n) is 11.7. The highest BCUT2D eigenvalue weighted by atomic mass is 16.3. The number of nitrogens with one attached hydrogen (secondary N) is 1. The van der Waals surface area contributed by atoms with Gasteiger partial charge in [-0.25, -0.2) is 0 Å². The fourth-order valence-electron chi connectivity index (χ4n) is 3.85. The first-order chi connectivity index (χ1) is 8.65. The molecule has 3 fully saturated rings. The highest BCUT2D eigenvalue weighted by Crippen LogP contribution is 2.33. The molecule has 0 aromatic carbocycles. The summed E-state index contributed by atoms with van der Waals surface area (Å²) in [6, 6.07) is 1.52. The molecule has 2 N–H and O–H groups in total. The topological polar surface area (TPSA) is 35.5 Å². The summed E-state index contributed by atoms with van der Waals surface area (Å²) in [5.74, 6) is 0.692. The Bertz CT molecular complexity index is 292. The maximum Gasteiger partial charge on any atom is 0.0774 e. The van der Waals surface area contributed by atoms with Gasteiger partial charge in [0.05, 0.1) is 5.60 Å². The molecule has 3 unspecified atom stereocenters. The third kappa shape index (κ3) is 3.06. The van der Waals surface area contributed by atoms with E-state index in [1.807, 2.05) is 0 Å². The summed E-state index contributed by atoms with van der Waals surface area (Å²) in [5.41, 5.74) is -0.426. The molecular weight excluding hydrogens is 224 g/mol. The first-order valence-corrected chi connectivity index (χ1v) is 7.84. The molecule has 3 nitrogen and oxygen atoms in total. The SMILES string of the molecule is CC1CCCC(O)(CNC2CCN(C3CC3)C2)C1. The number of hydrogen-bond acceptors (Lipinski definition) is 3. The molecule has 3 atom stereocenters. The lowest BCUT2D eigenvalue weighted by atomic mass is 9.79. The molecule has 0 amide bonds. The van der Waals surface area contributed by atoms with E-state index in [0.29, 0.717) is 12.0 Å². The van der Waals surface area contributed by atoms with Crippen molar-refractivity contribution in [3.63, 3.8) is 0 Å². The van der Waals surface area contributed by atoms with Gasteiger partial charge < -0.3 is 10.4 Å². The van der Waals surface area contributed by atoms with Gasteiger partial charge in [-0.1, -0.05) is 19.8 Å². The molecule has 2 aliphatic carbocycles. The van der Waals surface area contributed by atoms with E-state index in [-0.39, 0.29) is 0 Å². The highest BCUT2D eigenvalue weighted by Gasteiger charge is 2.36. The summed E-state index contributed by atoms with van der Waals surface area (Å²) >= 11 is 0. The van der Waals surface area contributed by atoms with Gasteiger partial charge in [-0.3, -0.25) is 4.90 Å². The van der Waals surface area contributed by atoms with Crippen LogP contribution in [0.3, 0.4) is 0 Å². The second-order valence-corrected chi connectivity index (χ2v) is 7.02. The summed E-state index contributed by atoms with van der Waals surface area (Å²) in [7, 11) is 0. The number of nitrogens with zero attached hydrogens (tertiary/aromatic N) is 1. The Hall–Kier alpha value is -0.120. The second kappa shape index (κ2) is 5.10. The van der Waals surface area contributed by atoms with E-state index in [1.165, 1.54) is 45.2 Å². The van der Waals surface area contributed by atoms with Crippen LogP contribution in [0.15, 0.2) is 0 Å². The molecule has 0 bridgehead atoms. The van der Waals surface area contributed by atoms with Crippen LogP contribution in [0.1, 0.15) is 51.9 Å². The van der Waals surface area contributed by atoms with Crippen molar-refractivity contribution in [2.24, 2.45) is 5.92 Å². The number of rotatable bonds is 4. The summed E-state index contributed by atoms with van der Waals surface area (Å²) in [4.78, 5) is 2.63. The lowest BCUT2D eigenvalue weighted by molar-refractivity contribution is -0.0135. The van der Waals surface area contributed by atoms with Gasteiger partial charge in [-0.15, -0.1) is 0 Å². The average Bonchev–Trinajstić information content (AvgIpc) is 3.06. The van der Waals surface area contributed by atoms with Gasteiger partial charge >= 0.3 is 0 Å². The Balaban J connectivity index is 1.43. The third-order valence-corrected chi connectivity index (χ3v) is 5.07. The normalized spacial score (nSPS) is 42.3. The Kier molecular flexibility index (Phi) is 3.65. The van der Waals surface area contributed by atoms with Gasteiger partial charge in [0.25, 0.3) is 0 Å². The summed E-state index contributed by atoms with van der Waals surface area (Å²) in [5, 5.41) is 14.2. The Morgan fingerprint density at radius 2 is 2.11 bits per heavy atom. The molecule has 18 heavy (non-hydrogen) atoms. The van der Waals surface area contributed by atoms with Crippen molar-refractivity contribution in [2.45, 2.75) is 69.6 Å². The summed E-state index contributed by atoms with van der Waals surface area (Å²) in [6.07, 6.45) is 8.55. The Morgan fingerprint density at radius 3 is 2.83 bits per heavy atom. The number of hydrogen-bond donors (Lipinski definition) is 2. The van der Waals surface area contributed by atoms with Crippen LogP contribution in [0, 0.1) is 5.92 Å². The van der Waals surface area contributed by atoms with Crippen molar-refractivity contribution >= 4 is 0 Å². The molecular formula is C15H28N2O. The van der Waals surface area contributed by atoms with Crippen molar-refractivity contribution < 1.29 is 5.11 Å². The minimum Gasteiger partial charge on any atom is -0.389 e. The zero-order chi connectivity index (χ0) is 12.6. The van der Waals surface area contributed by atoms with Crippen LogP contribution in [-0.2, 0) is 0 Å². The maximum atomic E-state index is 10.6. The van der Waals surface area contributed by atoms with Crippen molar-refractivity contribution in [1.82, 2.24) is 10.2 Å². The lowest BCUT2D eigenvalue weighted by Gasteiger charge is -2.36. The predicted octanol–water partition coefficient (Wildman–Crippen LogP) is 1.75. The standard InChI is InChI=1S/C15H28N2O/c1-12-3-2-7-15(18,9-12)11-16-13-6-8-17(10-13)14-4-5-14/h12-14,16,18H,2-11H2,1H3. The van der Waals surface area contributed by atoms with E-state index >= 15 is 0 Å². The van der Waals surface area contributed by atoms with Gasteiger partial charge in [0, 0.05) is 31.7 Å². The van der Waals surface area contributed by atoms with Crippen LogP contribution in [0.2, 0.25) is 0 Å². The second-order valence-electron chi connectivity index (χ2n) is 7.02. The van der Waals surface area contributed by atoms with E-state index in [0.717, 1.165) is 25.4 Å². The van der Waals surface area contributed by atoms with Crippen molar-refractivity contribution in [2.75, 3.05) is 19.6 Å². The maximum absolute atomic E-state index is 10.6. The van der Waals surface area contributed by atoms with Crippen molar-refractivity contribution in [3.8, 4) is 0 Å². The van der Waals surface area contributed by atoms with Gasteiger partial charge in [0.15, 0.2) is 0 Å². The monoisotopic (exact) mass is 252 g/mol. The molecule has 3 heteroatoms. The van der Waals surface area contributed by atoms with Crippen molar-refractivity contribution in [3.05, 3.63) is 0 Å². The zero-order valence-corrected chi connectivity index (χ0v) is 11.7. The lowest BCUT2D eigenvalue weighted by Crippen LogP contribution is -2.47. The van der Waals surface area contributed by atoms with Crippen LogP contribution in [0.5, 0.6) is 0 Å². The van der Waals surface area contributed by atoms with Gasteiger partial charge in [-0.2, -0.15) is 0 Å². The molecule has 104 valence electrons. The van der Waals surface area contributed by atoms with Gasteiger partial charge in [0.1, 0.15) is 0 Å². The smallest absolute Gasteiger partial charge is 0.0774 e. The van der Waals surface area contributed by atoms with E-state index in [1.54, 1.807) is 0 Å².